The molecule has 0 spiro atoms. The highest BCUT2D eigenvalue weighted by Gasteiger charge is 2.32. The van der Waals surface area contributed by atoms with Crippen molar-refractivity contribution in [2.24, 2.45) is 11.3 Å². The molecule has 0 saturated carbocycles. The van der Waals surface area contributed by atoms with Gasteiger partial charge in [0.2, 0.25) is 5.91 Å². The Kier molecular flexibility index (Phi) is 14.8. The van der Waals surface area contributed by atoms with Gasteiger partial charge in [0.05, 0.1) is 0 Å². The topological polar surface area (TPSA) is 41.1 Å². The molecule has 30 heavy (non-hydrogen) atoms. The van der Waals surface area contributed by atoms with E-state index in [-0.39, 0.29) is 11.8 Å². The van der Waals surface area contributed by atoms with Crippen LogP contribution in [-0.2, 0) is 4.79 Å². The van der Waals surface area contributed by atoms with Crippen LogP contribution in [0, 0.1) is 11.3 Å². The van der Waals surface area contributed by atoms with Gasteiger partial charge >= 0.3 is 0 Å². The van der Waals surface area contributed by atoms with E-state index in [1.807, 2.05) is 6.92 Å². The van der Waals surface area contributed by atoms with E-state index >= 15 is 0 Å². The van der Waals surface area contributed by atoms with Crippen LogP contribution in [-0.4, -0.2) is 24.5 Å². The van der Waals surface area contributed by atoms with E-state index in [9.17, 15) is 4.79 Å². The molecule has 2 aliphatic heterocycles. The first-order valence-corrected chi connectivity index (χ1v) is 13.4. The lowest BCUT2D eigenvalue weighted by atomic mass is 9.80. The SMILES string of the molecule is CC1CCCCN1.CCCCCCCCCCCCC(C)(C)CC1CC(C)C(=O)N1. The Balaban J connectivity index is 0.000000539. The quantitative estimate of drug-likeness (QED) is 0.304. The van der Waals surface area contributed by atoms with E-state index in [4.69, 9.17) is 0 Å². The lowest BCUT2D eigenvalue weighted by Crippen LogP contribution is -2.30. The van der Waals surface area contributed by atoms with Crippen LogP contribution >= 0.6 is 0 Å². The first kappa shape index (κ1) is 27.5. The zero-order valence-corrected chi connectivity index (χ0v) is 21.2. The minimum Gasteiger partial charge on any atom is -0.353 e. The maximum absolute atomic E-state index is 11.6. The van der Waals surface area contributed by atoms with Gasteiger partial charge in [0.15, 0.2) is 0 Å². The molecule has 2 saturated heterocycles. The summed E-state index contributed by atoms with van der Waals surface area (Å²) in [4.78, 5) is 11.6. The van der Waals surface area contributed by atoms with Crippen molar-refractivity contribution in [3.8, 4) is 0 Å². The van der Waals surface area contributed by atoms with Gasteiger partial charge in [0.25, 0.3) is 0 Å². The number of piperidine rings is 1. The number of nitrogens with one attached hydrogen (secondary N) is 2. The highest BCUT2D eigenvalue weighted by Crippen LogP contribution is 2.33. The number of carbonyl (C=O) groups excluding carboxylic acids is 1. The highest BCUT2D eigenvalue weighted by atomic mass is 16.2. The van der Waals surface area contributed by atoms with E-state index in [2.05, 4.69) is 38.3 Å². The van der Waals surface area contributed by atoms with Crippen molar-refractivity contribution in [3.05, 3.63) is 0 Å². The van der Waals surface area contributed by atoms with Gasteiger partial charge in [-0.15, -0.1) is 0 Å². The molecule has 0 aromatic heterocycles. The maximum Gasteiger partial charge on any atom is 0.223 e. The molecule has 0 radical (unpaired) electrons. The van der Waals surface area contributed by atoms with E-state index in [0.29, 0.717) is 11.5 Å². The molecular formula is C27H54N2O. The molecule has 0 aromatic rings. The Morgan fingerprint density at radius 3 is 1.93 bits per heavy atom. The lowest BCUT2D eigenvalue weighted by molar-refractivity contribution is -0.122. The minimum absolute atomic E-state index is 0.216. The Bertz CT molecular complexity index is 429. The average molecular weight is 423 g/mol. The molecular weight excluding hydrogens is 368 g/mol. The fourth-order valence-electron chi connectivity index (χ4n) is 4.96. The van der Waals surface area contributed by atoms with Gasteiger partial charge in [-0.25, -0.2) is 0 Å². The number of hydrogen-bond acceptors (Lipinski definition) is 2. The predicted molar refractivity (Wildman–Crippen MR) is 132 cm³/mol. The molecule has 1 amide bonds. The smallest absolute Gasteiger partial charge is 0.223 e. The fourth-order valence-corrected chi connectivity index (χ4v) is 4.96. The van der Waals surface area contributed by atoms with Crippen molar-refractivity contribution in [1.29, 1.82) is 0 Å². The van der Waals surface area contributed by atoms with Gasteiger partial charge in [-0.3, -0.25) is 4.79 Å². The molecule has 3 nitrogen and oxygen atoms in total. The summed E-state index contributed by atoms with van der Waals surface area (Å²) in [6.45, 7) is 12.6. The summed E-state index contributed by atoms with van der Waals surface area (Å²) in [6, 6.07) is 1.20. The Morgan fingerprint density at radius 2 is 1.50 bits per heavy atom. The molecule has 0 aromatic carbocycles. The molecule has 0 aliphatic carbocycles. The lowest BCUT2D eigenvalue weighted by Gasteiger charge is -2.28. The van der Waals surface area contributed by atoms with Gasteiger partial charge in [0.1, 0.15) is 0 Å². The Morgan fingerprint density at radius 1 is 0.900 bits per heavy atom. The molecule has 3 atom stereocenters. The highest BCUT2D eigenvalue weighted by molar-refractivity contribution is 5.80. The Labute approximate surface area is 188 Å². The van der Waals surface area contributed by atoms with Crippen LogP contribution in [0.2, 0.25) is 0 Å². The number of rotatable bonds is 13. The first-order chi connectivity index (χ1) is 14.3. The van der Waals surface area contributed by atoms with Crippen LogP contribution in [0.3, 0.4) is 0 Å². The molecule has 2 aliphatic rings. The number of unbranched alkanes of at least 4 members (excludes halogenated alkanes) is 9. The number of hydrogen-bond donors (Lipinski definition) is 2. The van der Waals surface area contributed by atoms with Crippen molar-refractivity contribution < 1.29 is 4.79 Å². The van der Waals surface area contributed by atoms with Crippen molar-refractivity contribution >= 4 is 5.91 Å². The number of carbonyl (C=O) groups is 1. The van der Waals surface area contributed by atoms with Gasteiger partial charge in [0, 0.05) is 18.0 Å². The van der Waals surface area contributed by atoms with Crippen LogP contribution in [0.5, 0.6) is 0 Å². The van der Waals surface area contributed by atoms with E-state index < -0.39 is 0 Å². The second kappa shape index (κ2) is 16.1. The summed E-state index contributed by atoms with van der Waals surface area (Å²) < 4.78 is 0. The van der Waals surface area contributed by atoms with Crippen LogP contribution < -0.4 is 10.6 Å². The van der Waals surface area contributed by atoms with Gasteiger partial charge in [-0.1, -0.05) is 98.3 Å². The van der Waals surface area contributed by atoms with Crippen LogP contribution in [0.25, 0.3) is 0 Å². The standard InChI is InChI=1S/C21H41NO.C6H13N/c1-5-6-7-8-9-10-11-12-13-14-15-21(3,4)17-19-16-18(2)20(23)22-19;1-6-4-2-3-5-7-6/h18-19H,5-17H2,1-4H3,(H,22,23);6-7H,2-5H2,1H3. The molecule has 2 fully saturated rings. The minimum atomic E-state index is 0.216. The van der Waals surface area contributed by atoms with Crippen molar-refractivity contribution in [2.75, 3.05) is 6.54 Å². The van der Waals surface area contributed by atoms with Gasteiger partial charge in [-0.05, 0) is 51.0 Å². The number of amides is 1. The van der Waals surface area contributed by atoms with Crippen LogP contribution in [0.1, 0.15) is 137 Å². The summed E-state index contributed by atoms with van der Waals surface area (Å²) in [5.74, 6) is 0.470. The summed E-state index contributed by atoms with van der Waals surface area (Å²) in [6.07, 6.45) is 21.7. The zero-order chi connectivity index (χ0) is 22.2. The fraction of sp³-hybridized carbons (Fsp3) is 0.963. The third-order valence-electron chi connectivity index (χ3n) is 6.99. The molecule has 2 N–H and O–H groups in total. The van der Waals surface area contributed by atoms with Crippen LogP contribution in [0.15, 0.2) is 0 Å². The molecule has 178 valence electrons. The van der Waals surface area contributed by atoms with E-state index in [1.165, 1.54) is 96.4 Å². The molecule has 2 rings (SSSR count). The van der Waals surface area contributed by atoms with E-state index in [0.717, 1.165) is 18.9 Å². The van der Waals surface area contributed by atoms with Crippen molar-refractivity contribution in [1.82, 2.24) is 10.6 Å². The average Bonchev–Trinajstić information content (AvgIpc) is 3.00. The van der Waals surface area contributed by atoms with E-state index in [1.54, 1.807) is 0 Å². The summed E-state index contributed by atoms with van der Waals surface area (Å²) in [5.41, 5.74) is 0.363. The third kappa shape index (κ3) is 13.7. The normalized spacial score (nSPS) is 24.3. The second-order valence-corrected chi connectivity index (χ2v) is 11.0. The van der Waals surface area contributed by atoms with Crippen molar-refractivity contribution in [2.45, 2.75) is 149 Å². The van der Waals surface area contributed by atoms with Crippen LogP contribution in [0.4, 0.5) is 0 Å². The molecule has 3 heteroatoms. The van der Waals surface area contributed by atoms with Crippen molar-refractivity contribution in [3.63, 3.8) is 0 Å². The largest absolute Gasteiger partial charge is 0.353 e. The molecule has 0 bridgehead atoms. The Hall–Kier alpha value is -0.570. The monoisotopic (exact) mass is 422 g/mol. The van der Waals surface area contributed by atoms with Gasteiger partial charge < -0.3 is 10.6 Å². The zero-order valence-electron chi connectivity index (χ0n) is 21.2. The van der Waals surface area contributed by atoms with Gasteiger partial charge in [-0.2, -0.15) is 0 Å². The second-order valence-electron chi connectivity index (χ2n) is 11.0. The summed E-state index contributed by atoms with van der Waals surface area (Å²) in [5, 5.41) is 6.54. The predicted octanol–water partition coefficient (Wildman–Crippen LogP) is 7.39. The molecule has 3 unspecified atom stereocenters. The first-order valence-electron chi connectivity index (χ1n) is 13.4. The summed E-state index contributed by atoms with van der Waals surface area (Å²) >= 11 is 0. The summed E-state index contributed by atoms with van der Waals surface area (Å²) in [7, 11) is 0. The molecule has 2 heterocycles. The third-order valence-corrected chi connectivity index (χ3v) is 6.99. The maximum atomic E-state index is 11.6.